The maximum atomic E-state index is 10.4. The van der Waals surface area contributed by atoms with Crippen LogP contribution < -0.4 is 0 Å². The summed E-state index contributed by atoms with van der Waals surface area (Å²) in [6, 6.07) is 0. The van der Waals surface area contributed by atoms with Gasteiger partial charge in [-0.25, -0.2) is 0 Å². The van der Waals surface area contributed by atoms with Crippen molar-refractivity contribution in [3.63, 3.8) is 0 Å². The largest absolute Gasteiger partial charge is 0.466 e. The summed E-state index contributed by atoms with van der Waals surface area (Å²) < 4.78 is 8.99. The summed E-state index contributed by atoms with van der Waals surface area (Å²) in [6.45, 7) is 10.8. The number of esters is 2. The van der Waals surface area contributed by atoms with Crippen molar-refractivity contribution in [3.8, 4) is 0 Å². The van der Waals surface area contributed by atoms with Crippen molar-refractivity contribution in [2.24, 2.45) is 0 Å². The fraction of sp³-hybridized carbons (Fsp3) is 0.667. The summed E-state index contributed by atoms with van der Waals surface area (Å²) in [6.07, 6.45) is 1.79. The Morgan fingerprint density at radius 2 is 1.00 bits per heavy atom. The van der Waals surface area contributed by atoms with E-state index in [1.807, 2.05) is 20.3 Å². The first-order valence-corrected chi connectivity index (χ1v) is 6.79. The molecule has 0 aliphatic heterocycles. The van der Waals surface area contributed by atoms with E-state index in [1.54, 1.807) is 13.8 Å². The van der Waals surface area contributed by atoms with Gasteiger partial charge in [0.1, 0.15) is 24.4 Å². The number of carbonyl (C=O) groups is 4. The molecule has 0 aromatic heterocycles. The summed E-state index contributed by atoms with van der Waals surface area (Å²) in [4.78, 5) is 41.3. The second kappa shape index (κ2) is 22.3. The van der Waals surface area contributed by atoms with Gasteiger partial charge in [-0.1, -0.05) is 0 Å². The Bertz CT molecular complexity index is 285. The van der Waals surface area contributed by atoms with Crippen LogP contribution in [0.15, 0.2) is 0 Å². The molecule has 7 heteroatoms. The van der Waals surface area contributed by atoms with E-state index >= 15 is 0 Å². The number of rotatable bonds is 6. The van der Waals surface area contributed by atoms with Gasteiger partial charge in [0, 0.05) is 21.7 Å². The third-order valence-electron chi connectivity index (χ3n) is 1.40. The molecular formula is C15H27O6Ti-. The van der Waals surface area contributed by atoms with Gasteiger partial charge in [0.25, 0.3) is 0 Å². The predicted molar refractivity (Wildman–Crippen MR) is 79.5 cm³/mol. The molecule has 0 aromatic rings. The molecule has 0 radical (unpaired) electrons. The van der Waals surface area contributed by atoms with Crippen LogP contribution in [0.1, 0.15) is 54.4 Å². The SMILES string of the molecule is CCOC(=O)CC(C)=O.CCOC(=O)CC(C)=O.C[CH-]C.[Ti]. The topological polar surface area (TPSA) is 86.7 Å². The second-order valence-corrected chi connectivity index (χ2v) is 3.94. The number of ketones is 2. The van der Waals surface area contributed by atoms with Gasteiger partial charge in [-0.3, -0.25) is 19.2 Å². The molecule has 6 nitrogen and oxygen atoms in total. The van der Waals surface area contributed by atoms with Gasteiger partial charge in [0.15, 0.2) is 0 Å². The van der Waals surface area contributed by atoms with Crippen LogP contribution in [0.2, 0.25) is 0 Å². The summed E-state index contributed by atoms with van der Waals surface area (Å²) in [7, 11) is 0. The van der Waals surface area contributed by atoms with E-state index in [4.69, 9.17) is 0 Å². The quantitative estimate of drug-likeness (QED) is 0.316. The number of carbonyl (C=O) groups excluding carboxylic acids is 4. The number of Topliss-reactive ketones (excluding diaryl/α,β-unsaturated/α-hetero) is 2. The van der Waals surface area contributed by atoms with Crippen molar-refractivity contribution in [1.82, 2.24) is 0 Å². The minimum atomic E-state index is -0.440. The fourth-order valence-corrected chi connectivity index (χ4v) is 0.831. The standard InChI is InChI=1S/2C6H10O3.C3H7.Ti/c2*1-3-9-6(8)4-5(2)7;1-3-2;/h2*3-4H2,1-2H3;3H,1-2H3;/q;;-1;. The first-order chi connectivity index (χ1) is 9.74. The zero-order valence-electron chi connectivity index (χ0n) is 14.4. The molecule has 0 heterocycles. The van der Waals surface area contributed by atoms with Crippen LogP contribution in [-0.4, -0.2) is 36.7 Å². The third kappa shape index (κ3) is 36.4. The van der Waals surface area contributed by atoms with E-state index in [-0.39, 0.29) is 46.1 Å². The van der Waals surface area contributed by atoms with E-state index in [2.05, 4.69) is 9.47 Å². The molecule has 0 amide bonds. The van der Waals surface area contributed by atoms with E-state index in [0.29, 0.717) is 13.2 Å². The molecule has 0 fully saturated rings. The van der Waals surface area contributed by atoms with Crippen LogP contribution >= 0.6 is 0 Å². The van der Waals surface area contributed by atoms with E-state index in [1.165, 1.54) is 13.8 Å². The predicted octanol–water partition coefficient (Wildman–Crippen LogP) is 2.29. The van der Waals surface area contributed by atoms with Crippen molar-refractivity contribution in [1.29, 1.82) is 0 Å². The molecule has 0 aliphatic carbocycles. The Morgan fingerprint density at radius 3 is 1.14 bits per heavy atom. The van der Waals surface area contributed by atoms with E-state index in [0.717, 1.165) is 0 Å². The van der Waals surface area contributed by atoms with Crippen LogP contribution in [-0.2, 0) is 50.4 Å². The average molecular weight is 351 g/mol. The molecule has 0 atom stereocenters. The zero-order valence-corrected chi connectivity index (χ0v) is 15.9. The van der Waals surface area contributed by atoms with Crippen molar-refractivity contribution in [2.75, 3.05) is 13.2 Å². The molecule has 22 heavy (non-hydrogen) atoms. The number of hydrogen-bond acceptors (Lipinski definition) is 6. The molecule has 0 rings (SSSR count). The monoisotopic (exact) mass is 351 g/mol. The number of hydrogen-bond donors (Lipinski definition) is 0. The van der Waals surface area contributed by atoms with Crippen molar-refractivity contribution < 1.29 is 50.4 Å². The van der Waals surface area contributed by atoms with Crippen molar-refractivity contribution in [2.45, 2.75) is 54.4 Å². The Kier molecular flexibility index (Phi) is 29.4. The number of ether oxygens (including phenoxy) is 2. The van der Waals surface area contributed by atoms with Crippen molar-refractivity contribution in [3.05, 3.63) is 6.42 Å². The minimum absolute atomic E-state index is 0. The summed E-state index contributed by atoms with van der Waals surface area (Å²) in [5.74, 6) is -1.20. The second-order valence-electron chi connectivity index (χ2n) is 3.94. The van der Waals surface area contributed by atoms with Crippen LogP contribution in [0.5, 0.6) is 0 Å². The van der Waals surface area contributed by atoms with Gasteiger partial charge in [-0.2, -0.15) is 13.8 Å². The average Bonchev–Trinajstić information content (AvgIpc) is 2.29. The fourth-order valence-electron chi connectivity index (χ4n) is 0.831. The molecular weight excluding hydrogens is 324 g/mol. The zero-order chi connectivity index (χ0) is 17.3. The van der Waals surface area contributed by atoms with Gasteiger partial charge >= 0.3 is 11.9 Å². The van der Waals surface area contributed by atoms with Gasteiger partial charge in [-0.05, 0) is 27.7 Å². The molecule has 0 saturated carbocycles. The smallest absolute Gasteiger partial charge is 0.313 e. The first-order valence-electron chi connectivity index (χ1n) is 6.79. The molecule has 0 aromatic carbocycles. The van der Waals surface area contributed by atoms with Crippen LogP contribution in [0.25, 0.3) is 0 Å². The van der Waals surface area contributed by atoms with Crippen LogP contribution in [0.3, 0.4) is 0 Å². The van der Waals surface area contributed by atoms with Gasteiger partial charge < -0.3 is 15.9 Å². The first kappa shape index (κ1) is 29.1. The molecule has 0 unspecified atom stereocenters. The molecule has 0 saturated heterocycles. The van der Waals surface area contributed by atoms with Crippen LogP contribution in [0, 0.1) is 6.42 Å². The summed E-state index contributed by atoms with van der Waals surface area (Å²) in [5.41, 5.74) is 0. The Hall–Kier alpha value is -1.01. The maximum Gasteiger partial charge on any atom is 0.313 e. The summed E-state index contributed by atoms with van der Waals surface area (Å²) >= 11 is 0. The molecule has 128 valence electrons. The third-order valence-corrected chi connectivity index (χ3v) is 1.40. The maximum absolute atomic E-state index is 10.4. The van der Waals surface area contributed by atoms with Gasteiger partial charge in [-0.15, -0.1) is 0 Å². The molecule has 0 spiro atoms. The molecule has 0 bridgehead atoms. The molecule has 0 N–H and O–H groups in total. The Labute approximate surface area is 148 Å². The molecule has 0 aliphatic rings. The van der Waals surface area contributed by atoms with Crippen molar-refractivity contribution >= 4 is 23.5 Å². The normalized spacial score (nSPS) is 7.91. The van der Waals surface area contributed by atoms with Gasteiger partial charge in [0.2, 0.25) is 0 Å². The van der Waals surface area contributed by atoms with E-state index < -0.39 is 11.9 Å². The Balaban J connectivity index is -0.000000120. The summed E-state index contributed by atoms with van der Waals surface area (Å²) in [5, 5.41) is 0. The minimum Gasteiger partial charge on any atom is -0.466 e. The van der Waals surface area contributed by atoms with E-state index in [9.17, 15) is 19.2 Å². The van der Waals surface area contributed by atoms with Crippen LogP contribution in [0.4, 0.5) is 0 Å². The Morgan fingerprint density at radius 1 is 0.773 bits per heavy atom. The van der Waals surface area contributed by atoms with Gasteiger partial charge in [0.05, 0.1) is 13.2 Å².